The van der Waals surface area contributed by atoms with Crippen LogP contribution in [0.1, 0.15) is 24.0 Å². The minimum absolute atomic E-state index is 0.0604. The topological polar surface area (TPSA) is 78.5 Å². The molecule has 2 fully saturated rings. The highest BCUT2D eigenvalue weighted by Gasteiger charge is 2.48. The maximum absolute atomic E-state index is 12.4. The first-order chi connectivity index (χ1) is 10.5. The van der Waals surface area contributed by atoms with Gasteiger partial charge in [-0.15, -0.1) is 0 Å². The summed E-state index contributed by atoms with van der Waals surface area (Å²) in [5, 5.41) is 4.97. The van der Waals surface area contributed by atoms with Crippen molar-refractivity contribution in [2.45, 2.75) is 31.7 Å². The van der Waals surface area contributed by atoms with E-state index in [9.17, 15) is 14.4 Å². The summed E-state index contributed by atoms with van der Waals surface area (Å²) in [6.07, 6.45) is 1.29. The lowest BCUT2D eigenvalue weighted by molar-refractivity contribution is -0.135. The second kappa shape index (κ2) is 5.44. The number of piperidine rings is 1. The first kappa shape index (κ1) is 14.6. The zero-order valence-corrected chi connectivity index (χ0v) is 12.5. The molecule has 6 heteroatoms. The molecule has 2 aliphatic heterocycles. The average molecular weight is 301 g/mol. The fourth-order valence-electron chi connectivity index (χ4n) is 3.13. The van der Waals surface area contributed by atoms with Crippen molar-refractivity contribution in [1.82, 2.24) is 15.5 Å². The van der Waals surface area contributed by atoms with Gasteiger partial charge in [0, 0.05) is 13.1 Å². The van der Waals surface area contributed by atoms with Crippen molar-refractivity contribution in [1.29, 1.82) is 0 Å². The van der Waals surface area contributed by atoms with Gasteiger partial charge in [0.15, 0.2) is 0 Å². The van der Waals surface area contributed by atoms with Crippen LogP contribution in [0.4, 0.5) is 4.79 Å². The molecule has 0 bridgehead atoms. The number of hydrogen-bond acceptors (Lipinski definition) is 3. The number of imide groups is 1. The van der Waals surface area contributed by atoms with Crippen LogP contribution in [0.3, 0.4) is 0 Å². The first-order valence-electron chi connectivity index (χ1n) is 7.45. The van der Waals surface area contributed by atoms with Gasteiger partial charge in [0.1, 0.15) is 5.54 Å². The summed E-state index contributed by atoms with van der Waals surface area (Å²) in [7, 11) is 0. The number of nitrogens with zero attached hydrogens (tertiary/aromatic N) is 1. The second-order valence-corrected chi connectivity index (χ2v) is 6.04. The Morgan fingerprint density at radius 1 is 1.27 bits per heavy atom. The maximum atomic E-state index is 12.4. The van der Waals surface area contributed by atoms with Gasteiger partial charge in [-0.05, 0) is 25.3 Å². The van der Waals surface area contributed by atoms with Crippen LogP contribution >= 0.6 is 0 Å². The summed E-state index contributed by atoms with van der Waals surface area (Å²) < 4.78 is 0. The van der Waals surface area contributed by atoms with E-state index in [-0.39, 0.29) is 11.8 Å². The van der Waals surface area contributed by atoms with Crippen LogP contribution in [0.2, 0.25) is 0 Å². The Balaban J connectivity index is 1.60. The number of likely N-dealkylation sites (tertiary alicyclic amines) is 1. The summed E-state index contributed by atoms with van der Waals surface area (Å²) >= 11 is 0. The lowest BCUT2D eigenvalue weighted by Crippen LogP contribution is -2.55. The Morgan fingerprint density at radius 3 is 2.59 bits per heavy atom. The van der Waals surface area contributed by atoms with Crippen LogP contribution in [-0.2, 0) is 16.0 Å². The number of urea groups is 1. The molecular weight excluding hydrogens is 282 g/mol. The summed E-state index contributed by atoms with van der Waals surface area (Å²) in [5.41, 5.74) is 1.31. The van der Waals surface area contributed by atoms with Gasteiger partial charge in [-0.1, -0.05) is 29.8 Å². The third-order valence-corrected chi connectivity index (χ3v) is 4.42. The number of nitrogens with one attached hydrogen (secondary N) is 2. The zero-order chi connectivity index (χ0) is 15.7. The van der Waals surface area contributed by atoms with Gasteiger partial charge in [0.05, 0.1) is 6.42 Å². The average Bonchev–Trinajstić information content (AvgIpc) is 2.73. The Morgan fingerprint density at radius 2 is 2.00 bits per heavy atom. The normalized spacial score (nSPS) is 20.0. The Bertz CT molecular complexity index is 633. The number of carbonyl (C=O) groups is 3. The third-order valence-electron chi connectivity index (χ3n) is 4.42. The molecule has 1 spiro atoms. The van der Waals surface area contributed by atoms with E-state index in [0.717, 1.165) is 11.1 Å². The van der Waals surface area contributed by atoms with Crippen LogP contribution in [0.15, 0.2) is 24.3 Å². The van der Waals surface area contributed by atoms with Gasteiger partial charge in [-0.25, -0.2) is 4.79 Å². The number of carbonyl (C=O) groups excluding carboxylic acids is 3. The van der Waals surface area contributed by atoms with Gasteiger partial charge < -0.3 is 10.2 Å². The molecule has 1 aromatic rings. The Hall–Kier alpha value is -2.37. The molecule has 0 aliphatic carbocycles. The highest BCUT2D eigenvalue weighted by Crippen LogP contribution is 2.25. The van der Waals surface area contributed by atoms with Crippen molar-refractivity contribution in [3.05, 3.63) is 35.4 Å². The van der Waals surface area contributed by atoms with E-state index < -0.39 is 11.6 Å². The molecule has 0 atom stereocenters. The molecule has 116 valence electrons. The van der Waals surface area contributed by atoms with E-state index in [4.69, 9.17) is 0 Å². The van der Waals surface area contributed by atoms with E-state index in [1.165, 1.54) is 0 Å². The molecule has 1 aromatic carbocycles. The van der Waals surface area contributed by atoms with Crippen molar-refractivity contribution in [2.75, 3.05) is 13.1 Å². The summed E-state index contributed by atoms with van der Waals surface area (Å²) in [5.74, 6) is -0.214. The molecule has 2 aliphatic rings. The van der Waals surface area contributed by atoms with Gasteiger partial charge in [0.25, 0.3) is 5.91 Å². The SMILES string of the molecule is Cc1cccc(CC(=O)N2CCC3(CC2)NC(=O)NC3=O)c1. The van der Waals surface area contributed by atoms with Crippen LogP contribution < -0.4 is 10.6 Å². The van der Waals surface area contributed by atoms with E-state index in [1.807, 2.05) is 31.2 Å². The highest BCUT2D eigenvalue weighted by atomic mass is 16.2. The quantitative estimate of drug-likeness (QED) is 0.791. The molecule has 6 nitrogen and oxygen atoms in total. The fourth-order valence-corrected chi connectivity index (χ4v) is 3.13. The van der Waals surface area contributed by atoms with Crippen LogP contribution in [0.25, 0.3) is 0 Å². The molecule has 0 unspecified atom stereocenters. The van der Waals surface area contributed by atoms with Crippen molar-refractivity contribution in [3.63, 3.8) is 0 Å². The third kappa shape index (κ3) is 2.68. The molecule has 22 heavy (non-hydrogen) atoms. The molecule has 2 N–H and O–H groups in total. The van der Waals surface area contributed by atoms with Gasteiger partial charge in [-0.2, -0.15) is 0 Å². The molecule has 2 heterocycles. The van der Waals surface area contributed by atoms with Gasteiger partial charge in [-0.3, -0.25) is 14.9 Å². The molecule has 4 amide bonds. The van der Waals surface area contributed by atoms with Crippen LogP contribution in [-0.4, -0.2) is 41.4 Å². The van der Waals surface area contributed by atoms with Gasteiger partial charge >= 0.3 is 6.03 Å². The van der Waals surface area contributed by atoms with E-state index in [0.29, 0.717) is 32.4 Å². The Kier molecular flexibility index (Phi) is 3.60. The van der Waals surface area contributed by atoms with Crippen molar-refractivity contribution < 1.29 is 14.4 Å². The number of rotatable bonds is 2. The van der Waals surface area contributed by atoms with Crippen molar-refractivity contribution in [3.8, 4) is 0 Å². The fraction of sp³-hybridized carbons (Fsp3) is 0.438. The van der Waals surface area contributed by atoms with E-state index >= 15 is 0 Å². The second-order valence-electron chi connectivity index (χ2n) is 6.04. The standard InChI is InChI=1S/C16H19N3O3/c1-11-3-2-4-12(9-11)10-13(20)19-7-5-16(6-8-19)14(21)17-15(22)18-16/h2-4,9H,5-8,10H2,1H3,(H2,17,18,21,22). The monoisotopic (exact) mass is 301 g/mol. The smallest absolute Gasteiger partial charge is 0.322 e. The molecule has 3 rings (SSSR count). The number of amides is 4. The molecule has 2 saturated heterocycles. The predicted molar refractivity (Wildman–Crippen MR) is 80.1 cm³/mol. The largest absolute Gasteiger partial charge is 0.342 e. The summed E-state index contributed by atoms with van der Waals surface area (Å²) in [4.78, 5) is 37.3. The van der Waals surface area contributed by atoms with Crippen LogP contribution in [0.5, 0.6) is 0 Å². The van der Waals surface area contributed by atoms with Crippen molar-refractivity contribution in [2.24, 2.45) is 0 Å². The van der Waals surface area contributed by atoms with E-state index in [2.05, 4.69) is 10.6 Å². The van der Waals surface area contributed by atoms with E-state index in [1.54, 1.807) is 4.90 Å². The lowest BCUT2D eigenvalue weighted by atomic mass is 9.87. The lowest BCUT2D eigenvalue weighted by Gasteiger charge is -2.37. The number of aryl methyl sites for hydroxylation is 1. The zero-order valence-electron chi connectivity index (χ0n) is 12.5. The number of benzene rings is 1. The molecule has 0 aromatic heterocycles. The highest BCUT2D eigenvalue weighted by molar-refractivity contribution is 6.07. The van der Waals surface area contributed by atoms with Crippen molar-refractivity contribution >= 4 is 17.8 Å². The summed E-state index contributed by atoms with van der Waals surface area (Å²) in [6.45, 7) is 2.97. The predicted octanol–water partition coefficient (Wildman–Crippen LogP) is 0.738. The summed E-state index contributed by atoms with van der Waals surface area (Å²) in [6, 6.07) is 7.46. The Labute approximate surface area is 128 Å². The van der Waals surface area contributed by atoms with Crippen LogP contribution in [0, 0.1) is 6.92 Å². The minimum Gasteiger partial charge on any atom is -0.342 e. The maximum Gasteiger partial charge on any atom is 0.322 e. The van der Waals surface area contributed by atoms with Gasteiger partial charge in [0.2, 0.25) is 5.91 Å². The minimum atomic E-state index is -0.822. The molecular formula is C16H19N3O3. The molecule has 0 radical (unpaired) electrons. The molecule has 0 saturated carbocycles. The first-order valence-corrected chi connectivity index (χ1v) is 7.45. The number of hydrogen-bond donors (Lipinski definition) is 2.